The molecule has 1 aromatic rings. The first-order chi connectivity index (χ1) is 9.65. The highest BCUT2D eigenvalue weighted by atomic mass is 16.3. The van der Waals surface area contributed by atoms with Crippen molar-refractivity contribution in [1.82, 2.24) is 9.80 Å². The number of phenolic OH excluding ortho intramolecular Hbond substituents is 1. The summed E-state index contributed by atoms with van der Waals surface area (Å²) in [5.74, 6) is 0.410. The third-order valence-electron chi connectivity index (χ3n) is 5.17. The fraction of sp³-hybridized carbons (Fsp3) is 0.647. The summed E-state index contributed by atoms with van der Waals surface area (Å²) in [5, 5.41) is 9.81. The van der Waals surface area contributed by atoms with Crippen LogP contribution in [-0.4, -0.2) is 48.1 Å². The molecule has 0 saturated carbocycles. The minimum absolute atomic E-state index is 0.410. The van der Waals surface area contributed by atoms with Crippen LogP contribution in [-0.2, 0) is 6.42 Å². The number of hydrogen-bond donors (Lipinski definition) is 1. The summed E-state index contributed by atoms with van der Waals surface area (Å²) in [5.41, 5.74) is 2.79. The first-order valence-electron chi connectivity index (χ1n) is 7.87. The van der Waals surface area contributed by atoms with Crippen molar-refractivity contribution < 1.29 is 5.11 Å². The molecule has 0 spiro atoms. The van der Waals surface area contributed by atoms with Crippen LogP contribution >= 0.6 is 0 Å². The lowest BCUT2D eigenvalue weighted by atomic mass is 9.85. The third kappa shape index (κ3) is 2.70. The van der Waals surface area contributed by atoms with Crippen molar-refractivity contribution in [1.29, 1.82) is 0 Å². The SMILES string of the molecule is CN1CCC(N(C)C2CCCc3ccc(O)cc32)CC1. The zero-order chi connectivity index (χ0) is 14.1. The van der Waals surface area contributed by atoms with Crippen LogP contribution in [0.5, 0.6) is 5.75 Å². The van der Waals surface area contributed by atoms with Gasteiger partial charge in [0.1, 0.15) is 5.75 Å². The van der Waals surface area contributed by atoms with Crippen LogP contribution in [0.15, 0.2) is 18.2 Å². The van der Waals surface area contributed by atoms with Crippen LogP contribution in [0.4, 0.5) is 0 Å². The predicted molar refractivity (Wildman–Crippen MR) is 82.1 cm³/mol. The van der Waals surface area contributed by atoms with Gasteiger partial charge >= 0.3 is 0 Å². The van der Waals surface area contributed by atoms with Crippen molar-refractivity contribution >= 4 is 0 Å². The second-order valence-corrected chi connectivity index (χ2v) is 6.49. The summed E-state index contributed by atoms with van der Waals surface area (Å²) in [4.78, 5) is 5.00. The zero-order valence-corrected chi connectivity index (χ0v) is 12.7. The molecule has 0 aromatic heterocycles. The standard InChI is InChI=1S/C17H26N2O/c1-18-10-8-14(9-11-18)19(2)17-5-3-4-13-6-7-15(20)12-16(13)17/h6-7,12,14,17,20H,3-5,8-11H2,1-2H3. The predicted octanol–water partition coefficient (Wildman–Crippen LogP) is 2.80. The highest BCUT2D eigenvalue weighted by Crippen LogP contribution is 2.37. The molecule has 1 heterocycles. The zero-order valence-electron chi connectivity index (χ0n) is 12.7. The average molecular weight is 274 g/mol. The lowest BCUT2D eigenvalue weighted by Crippen LogP contribution is -2.44. The second kappa shape index (κ2) is 5.74. The van der Waals surface area contributed by atoms with Gasteiger partial charge in [-0.2, -0.15) is 0 Å². The van der Waals surface area contributed by atoms with E-state index in [1.807, 2.05) is 12.1 Å². The Morgan fingerprint density at radius 3 is 2.70 bits per heavy atom. The largest absolute Gasteiger partial charge is 0.508 e. The number of aryl methyl sites for hydroxylation is 1. The van der Waals surface area contributed by atoms with Gasteiger partial charge in [-0.3, -0.25) is 4.90 Å². The minimum atomic E-state index is 0.410. The molecule has 0 bridgehead atoms. The van der Waals surface area contributed by atoms with Gasteiger partial charge in [-0.05, 0) is 82.5 Å². The van der Waals surface area contributed by atoms with Crippen LogP contribution < -0.4 is 0 Å². The molecule has 2 aliphatic rings. The maximum Gasteiger partial charge on any atom is 0.115 e. The van der Waals surface area contributed by atoms with Crippen LogP contribution in [0.25, 0.3) is 0 Å². The Morgan fingerprint density at radius 1 is 1.20 bits per heavy atom. The number of nitrogens with zero attached hydrogens (tertiary/aromatic N) is 2. The molecule has 1 unspecified atom stereocenters. The molecular formula is C17H26N2O. The van der Waals surface area contributed by atoms with Crippen molar-refractivity contribution in [3.63, 3.8) is 0 Å². The van der Waals surface area contributed by atoms with Gasteiger partial charge < -0.3 is 10.0 Å². The number of phenols is 1. The number of hydrogen-bond acceptors (Lipinski definition) is 3. The van der Waals surface area contributed by atoms with E-state index in [2.05, 4.69) is 30.0 Å². The Balaban J connectivity index is 1.79. The highest BCUT2D eigenvalue weighted by Gasteiger charge is 2.30. The summed E-state index contributed by atoms with van der Waals surface area (Å²) in [7, 11) is 4.49. The fourth-order valence-electron chi connectivity index (χ4n) is 3.84. The molecule has 1 aliphatic carbocycles. The molecule has 0 radical (unpaired) electrons. The first kappa shape index (κ1) is 13.9. The van der Waals surface area contributed by atoms with Crippen molar-refractivity contribution in [3.05, 3.63) is 29.3 Å². The van der Waals surface area contributed by atoms with Crippen LogP contribution in [0.3, 0.4) is 0 Å². The van der Waals surface area contributed by atoms with Gasteiger partial charge in [0.2, 0.25) is 0 Å². The van der Waals surface area contributed by atoms with E-state index in [1.165, 1.54) is 49.9 Å². The van der Waals surface area contributed by atoms with E-state index in [9.17, 15) is 5.11 Å². The van der Waals surface area contributed by atoms with Crippen LogP contribution in [0, 0.1) is 0 Å². The Hall–Kier alpha value is -1.06. The second-order valence-electron chi connectivity index (χ2n) is 6.49. The normalized spacial score (nSPS) is 24.9. The fourth-order valence-corrected chi connectivity index (χ4v) is 3.84. The van der Waals surface area contributed by atoms with Crippen molar-refractivity contribution in [3.8, 4) is 5.75 Å². The summed E-state index contributed by atoms with van der Waals surface area (Å²) in [6.45, 7) is 2.41. The monoisotopic (exact) mass is 274 g/mol. The quantitative estimate of drug-likeness (QED) is 0.898. The number of likely N-dealkylation sites (tertiary alicyclic amines) is 1. The molecule has 0 amide bonds. The summed E-state index contributed by atoms with van der Waals surface area (Å²) in [6.07, 6.45) is 6.17. The Morgan fingerprint density at radius 2 is 1.95 bits per heavy atom. The molecule has 3 heteroatoms. The number of fused-ring (bicyclic) bond motifs is 1. The molecule has 20 heavy (non-hydrogen) atoms. The average Bonchev–Trinajstić information content (AvgIpc) is 2.46. The van der Waals surface area contributed by atoms with Gasteiger partial charge in [-0.15, -0.1) is 0 Å². The van der Waals surface area contributed by atoms with Gasteiger partial charge in [0.25, 0.3) is 0 Å². The molecule has 3 nitrogen and oxygen atoms in total. The minimum Gasteiger partial charge on any atom is -0.508 e. The molecule has 1 aromatic carbocycles. The van der Waals surface area contributed by atoms with Gasteiger partial charge in [-0.25, -0.2) is 0 Å². The molecule has 1 atom stereocenters. The van der Waals surface area contributed by atoms with Crippen LogP contribution in [0.1, 0.15) is 42.9 Å². The van der Waals surface area contributed by atoms with Crippen molar-refractivity contribution in [2.75, 3.05) is 27.2 Å². The number of piperidine rings is 1. The highest BCUT2D eigenvalue weighted by molar-refractivity contribution is 5.38. The van der Waals surface area contributed by atoms with E-state index in [-0.39, 0.29) is 0 Å². The van der Waals surface area contributed by atoms with Gasteiger partial charge in [0, 0.05) is 12.1 Å². The van der Waals surface area contributed by atoms with E-state index < -0.39 is 0 Å². The maximum atomic E-state index is 9.81. The van der Waals surface area contributed by atoms with E-state index in [0.717, 1.165) is 6.42 Å². The van der Waals surface area contributed by atoms with E-state index >= 15 is 0 Å². The molecule has 1 saturated heterocycles. The molecular weight excluding hydrogens is 248 g/mol. The number of aromatic hydroxyl groups is 1. The lowest BCUT2D eigenvalue weighted by Gasteiger charge is -2.41. The van der Waals surface area contributed by atoms with Gasteiger partial charge in [0.05, 0.1) is 0 Å². The summed E-state index contributed by atoms with van der Waals surface area (Å²) in [6, 6.07) is 7.10. The van der Waals surface area contributed by atoms with Crippen molar-refractivity contribution in [2.45, 2.75) is 44.2 Å². The molecule has 1 aliphatic heterocycles. The summed E-state index contributed by atoms with van der Waals surface area (Å²) >= 11 is 0. The van der Waals surface area contributed by atoms with Gasteiger partial charge in [-0.1, -0.05) is 6.07 Å². The van der Waals surface area contributed by atoms with Crippen LogP contribution in [0.2, 0.25) is 0 Å². The molecule has 1 fully saturated rings. The van der Waals surface area contributed by atoms with E-state index in [0.29, 0.717) is 17.8 Å². The van der Waals surface area contributed by atoms with Gasteiger partial charge in [0.15, 0.2) is 0 Å². The molecule has 3 rings (SSSR count). The molecule has 110 valence electrons. The topological polar surface area (TPSA) is 26.7 Å². The third-order valence-corrected chi connectivity index (χ3v) is 5.17. The van der Waals surface area contributed by atoms with Crippen molar-refractivity contribution in [2.24, 2.45) is 0 Å². The Kier molecular flexibility index (Phi) is 3.99. The lowest BCUT2D eigenvalue weighted by molar-refractivity contribution is 0.0982. The Bertz CT molecular complexity index is 466. The smallest absolute Gasteiger partial charge is 0.115 e. The Labute approximate surface area is 122 Å². The van der Waals surface area contributed by atoms with E-state index in [1.54, 1.807) is 0 Å². The van der Waals surface area contributed by atoms with E-state index in [4.69, 9.17) is 0 Å². The maximum absolute atomic E-state index is 9.81. The number of rotatable bonds is 2. The summed E-state index contributed by atoms with van der Waals surface area (Å²) < 4.78 is 0. The molecule has 1 N–H and O–H groups in total. The first-order valence-corrected chi connectivity index (χ1v) is 7.87. The number of benzene rings is 1.